The third-order valence-corrected chi connectivity index (χ3v) is 8.66. The lowest BCUT2D eigenvalue weighted by molar-refractivity contribution is -0.591. The zero-order valence-corrected chi connectivity index (χ0v) is 19.1. The van der Waals surface area contributed by atoms with Crippen molar-refractivity contribution in [3.05, 3.63) is 77.6 Å². The van der Waals surface area contributed by atoms with E-state index in [4.69, 9.17) is 0 Å². The first-order valence-corrected chi connectivity index (χ1v) is 11.5. The highest BCUT2D eigenvalue weighted by atomic mass is 127. The molecule has 0 unspecified atom stereocenters. The predicted molar refractivity (Wildman–Crippen MR) is 100 cm³/mol. The number of aryl methyl sites for hydroxylation is 1. The largest absolute Gasteiger partial charge is 1.00 e. The number of hydrogen-bond donors (Lipinski definition) is 1. The maximum atomic E-state index is 12.5. The molecular weight excluding hydrogens is 543 g/mol. The van der Waals surface area contributed by atoms with Gasteiger partial charge in [-0.05, 0) is 60.3 Å². The number of carbonyl (C=O) groups is 1. The molecule has 2 heterocycles. The van der Waals surface area contributed by atoms with Crippen LogP contribution in [0.25, 0.3) is 10.2 Å². The van der Waals surface area contributed by atoms with Crippen molar-refractivity contribution in [1.29, 1.82) is 0 Å². The second kappa shape index (κ2) is 8.60. The molecule has 7 heteroatoms. The van der Waals surface area contributed by atoms with E-state index in [1.165, 1.54) is 23.4 Å². The summed E-state index contributed by atoms with van der Waals surface area (Å²) in [4.78, 5) is 16.9. The molecule has 0 aliphatic rings. The number of hydrogen-bond acceptors (Lipinski definition) is 4. The van der Waals surface area contributed by atoms with E-state index in [2.05, 4.69) is 52.9 Å². The van der Waals surface area contributed by atoms with Crippen molar-refractivity contribution in [1.82, 2.24) is 4.98 Å². The second-order valence-electron chi connectivity index (χ2n) is 5.46. The van der Waals surface area contributed by atoms with E-state index in [0.29, 0.717) is 10.7 Å². The number of fused-ring (bicyclic) bond motifs is 1. The molecule has 0 aliphatic carbocycles. The highest BCUT2D eigenvalue weighted by molar-refractivity contribution is 7.22. The first-order chi connectivity index (χ1) is 12.2. The molecule has 0 fully saturated rings. The quantitative estimate of drug-likeness (QED) is 0.329. The Bertz CT molecular complexity index is 1030. The van der Waals surface area contributed by atoms with Crippen molar-refractivity contribution in [3.8, 4) is 0 Å². The molecule has 4 rings (SSSR count). The van der Waals surface area contributed by atoms with Gasteiger partial charge in [0.05, 0.1) is 10.2 Å². The normalized spacial score (nSPS) is 10.5. The number of rotatable bonds is 4. The average Bonchev–Trinajstić information content (AvgIpc) is 3.24. The van der Waals surface area contributed by atoms with E-state index in [-0.39, 0.29) is 44.1 Å². The summed E-state index contributed by atoms with van der Waals surface area (Å²) < 4.78 is 3.83. The number of amides is 1. The predicted octanol–water partition coefficient (Wildman–Crippen LogP) is -0.949. The maximum absolute atomic E-state index is 12.5. The maximum Gasteiger partial charge on any atom is 0.369 e. The van der Waals surface area contributed by atoms with Gasteiger partial charge in [0.25, 0.3) is 5.91 Å². The molecule has 1 amide bonds. The monoisotopic (exact) mass is 556 g/mol. The molecule has 0 spiro atoms. The average molecular weight is 557 g/mol. The van der Waals surface area contributed by atoms with Crippen LogP contribution in [0.15, 0.2) is 60.0 Å². The van der Waals surface area contributed by atoms with Gasteiger partial charge >= 0.3 is 21.2 Å². The van der Waals surface area contributed by atoms with Gasteiger partial charge in [-0.15, -0.1) is 0 Å². The summed E-state index contributed by atoms with van der Waals surface area (Å²) in [5.41, 5.74) is 2.77. The van der Waals surface area contributed by atoms with Gasteiger partial charge in [-0.2, -0.15) is 0 Å². The third kappa shape index (κ3) is 4.51. The van der Waals surface area contributed by atoms with Crippen LogP contribution < -0.4 is 43.5 Å². The number of anilines is 1. The standard InChI is InChI=1S/C19H13IN2OS2.BrH/c1-12-4-9-15-16(11-12)25-19(21-15)22-18(23)13-5-7-14(8-6-13)20-17-3-2-10-24-17;/h2-11H,1H3;1H. The molecule has 2 aromatic heterocycles. The molecule has 3 nitrogen and oxygen atoms in total. The summed E-state index contributed by atoms with van der Waals surface area (Å²) in [5.74, 6) is -0.114. The molecule has 26 heavy (non-hydrogen) atoms. The Morgan fingerprint density at radius 1 is 1.12 bits per heavy atom. The van der Waals surface area contributed by atoms with Crippen molar-refractivity contribution in [2.45, 2.75) is 6.92 Å². The van der Waals surface area contributed by atoms with Gasteiger partial charge in [0.15, 0.2) is 8.70 Å². The van der Waals surface area contributed by atoms with Gasteiger partial charge in [0.2, 0.25) is 2.88 Å². The number of nitrogens with zero attached hydrogens (tertiary/aromatic N) is 1. The van der Waals surface area contributed by atoms with Crippen LogP contribution in [-0.4, -0.2) is 10.9 Å². The van der Waals surface area contributed by atoms with E-state index >= 15 is 0 Å². The van der Waals surface area contributed by atoms with Gasteiger partial charge in [-0.3, -0.25) is 10.1 Å². The molecule has 1 N–H and O–H groups in total. The minimum Gasteiger partial charge on any atom is -1.00 e. The van der Waals surface area contributed by atoms with E-state index in [0.717, 1.165) is 10.2 Å². The van der Waals surface area contributed by atoms with Crippen LogP contribution in [0.5, 0.6) is 0 Å². The van der Waals surface area contributed by atoms with Crippen molar-refractivity contribution >= 4 is 43.9 Å². The summed E-state index contributed by atoms with van der Waals surface area (Å²) >= 11 is 3.14. The van der Waals surface area contributed by atoms with E-state index < -0.39 is 0 Å². The van der Waals surface area contributed by atoms with Gasteiger partial charge < -0.3 is 17.0 Å². The number of benzene rings is 2. The van der Waals surface area contributed by atoms with E-state index in [9.17, 15) is 4.79 Å². The minimum absolute atomic E-state index is 0. The Morgan fingerprint density at radius 2 is 1.92 bits per heavy atom. The summed E-state index contributed by atoms with van der Waals surface area (Å²) in [6, 6.07) is 18.3. The number of carbonyl (C=O) groups excluding carboxylic acids is 1. The van der Waals surface area contributed by atoms with Crippen LogP contribution in [-0.2, 0) is 0 Å². The van der Waals surface area contributed by atoms with Gasteiger partial charge in [0, 0.05) is 11.6 Å². The summed E-state index contributed by atoms with van der Waals surface area (Å²) in [7, 11) is 0. The third-order valence-electron chi connectivity index (χ3n) is 3.56. The molecule has 2 aromatic carbocycles. The van der Waals surface area contributed by atoms with Crippen LogP contribution in [0.3, 0.4) is 0 Å². The van der Waals surface area contributed by atoms with Crippen molar-refractivity contribution in [2.24, 2.45) is 0 Å². The molecule has 0 bridgehead atoms. The Balaban J connectivity index is 0.00000196. The summed E-state index contributed by atoms with van der Waals surface area (Å²) in [5, 5.41) is 5.66. The van der Waals surface area contributed by atoms with Crippen LogP contribution in [0, 0.1) is 13.4 Å². The topological polar surface area (TPSA) is 42.0 Å². The van der Waals surface area contributed by atoms with Crippen molar-refractivity contribution in [2.75, 3.05) is 5.32 Å². The number of thiazole rings is 1. The lowest BCUT2D eigenvalue weighted by Crippen LogP contribution is -3.61. The Kier molecular flexibility index (Phi) is 6.44. The van der Waals surface area contributed by atoms with Crippen LogP contribution in [0.4, 0.5) is 5.13 Å². The Morgan fingerprint density at radius 3 is 2.65 bits per heavy atom. The van der Waals surface area contributed by atoms with Crippen molar-refractivity contribution < 1.29 is 43.0 Å². The number of thiophene rings is 1. The van der Waals surface area contributed by atoms with Crippen LogP contribution in [0.2, 0.25) is 0 Å². The highest BCUT2D eigenvalue weighted by Crippen LogP contribution is 2.26. The highest BCUT2D eigenvalue weighted by Gasteiger charge is 2.17. The van der Waals surface area contributed by atoms with E-state index in [1.807, 2.05) is 24.3 Å². The number of halogens is 2. The number of aromatic nitrogens is 1. The number of nitrogens with one attached hydrogen (secondary N) is 1. The molecule has 0 aliphatic heterocycles. The molecule has 4 aromatic rings. The summed E-state index contributed by atoms with van der Waals surface area (Å²) in [6.45, 7) is 2.05. The zero-order valence-electron chi connectivity index (χ0n) is 13.7. The second-order valence-corrected chi connectivity index (χ2v) is 11.1. The SMILES string of the molecule is Cc1ccc2nc(NC(=O)c3ccc([I+]c4cccs4)cc3)sc2c1.[Br-]. The van der Waals surface area contributed by atoms with Crippen LogP contribution in [0.1, 0.15) is 15.9 Å². The lowest BCUT2D eigenvalue weighted by Gasteiger charge is -2.00. The minimum atomic E-state index is -0.156. The fourth-order valence-electron chi connectivity index (χ4n) is 2.34. The fourth-order valence-corrected chi connectivity index (χ4v) is 6.93. The lowest BCUT2D eigenvalue weighted by atomic mass is 10.2. The molecule has 132 valence electrons. The Hall–Kier alpha value is -1.29. The van der Waals surface area contributed by atoms with Gasteiger partial charge in [-0.1, -0.05) is 28.7 Å². The van der Waals surface area contributed by atoms with E-state index in [1.54, 1.807) is 11.3 Å². The first kappa shape index (κ1) is 19.5. The smallest absolute Gasteiger partial charge is 0.369 e. The molecule has 0 saturated carbocycles. The molecule has 0 radical (unpaired) electrons. The molecule has 0 atom stereocenters. The van der Waals surface area contributed by atoms with Gasteiger partial charge in [-0.25, -0.2) is 4.98 Å². The zero-order chi connectivity index (χ0) is 17.2. The summed E-state index contributed by atoms with van der Waals surface area (Å²) in [6.07, 6.45) is 0. The molecule has 0 saturated heterocycles. The van der Waals surface area contributed by atoms with Gasteiger partial charge in [0.1, 0.15) is 0 Å². The van der Waals surface area contributed by atoms with Crippen molar-refractivity contribution in [3.63, 3.8) is 0 Å². The molecular formula is C19H14BrIN2OS2. The Labute approximate surface area is 180 Å². The van der Waals surface area contributed by atoms with Crippen LogP contribution >= 0.6 is 22.7 Å². The fraction of sp³-hybridized carbons (Fsp3) is 0.0526. The first-order valence-electron chi connectivity index (χ1n) is 7.64.